The first-order valence-electron chi connectivity index (χ1n) is 7.28. The van der Waals surface area contributed by atoms with Gasteiger partial charge in [-0.3, -0.25) is 0 Å². The topological polar surface area (TPSA) is 38.5 Å². The van der Waals surface area contributed by atoms with Crippen LogP contribution in [0.4, 0.5) is 0 Å². The molecule has 2 saturated heterocycles. The summed E-state index contributed by atoms with van der Waals surface area (Å²) in [6.45, 7) is 8.71. The highest BCUT2D eigenvalue weighted by atomic mass is 16.5. The van der Waals surface area contributed by atoms with Crippen molar-refractivity contribution in [1.82, 2.24) is 4.90 Å². The molecule has 2 N–H and O–H groups in total. The first-order chi connectivity index (χ1) is 8.28. The highest BCUT2D eigenvalue weighted by Gasteiger charge is 2.34. The van der Waals surface area contributed by atoms with E-state index in [-0.39, 0.29) is 0 Å². The van der Waals surface area contributed by atoms with E-state index in [1.54, 1.807) is 0 Å². The van der Waals surface area contributed by atoms with Crippen molar-refractivity contribution in [1.29, 1.82) is 0 Å². The van der Waals surface area contributed by atoms with Gasteiger partial charge in [0.2, 0.25) is 0 Å². The van der Waals surface area contributed by atoms with E-state index in [1.165, 1.54) is 38.9 Å². The van der Waals surface area contributed by atoms with Crippen LogP contribution in [0.1, 0.15) is 39.0 Å². The fourth-order valence-electron chi connectivity index (χ4n) is 3.26. The molecule has 100 valence electrons. The van der Waals surface area contributed by atoms with Crippen LogP contribution < -0.4 is 5.73 Å². The molecule has 0 aromatic heterocycles. The van der Waals surface area contributed by atoms with Crippen LogP contribution in [-0.2, 0) is 4.74 Å². The van der Waals surface area contributed by atoms with Gasteiger partial charge in [-0.25, -0.2) is 0 Å². The van der Waals surface area contributed by atoms with E-state index in [0.717, 1.165) is 38.5 Å². The van der Waals surface area contributed by atoms with Gasteiger partial charge < -0.3 is 15.4 Å². The minimum atomic E-state index is 0.345. The quantitative estimate of drug-likeness (QED) is 0.815. The molecule has 0 atom stereocenters. The molecule has 0 aromatic rings. The van der Waals surface area contributed by atoms with Gasteiger partial charge in [0.1, 0.15) is 0 Å². The number of hydrogen-bond donors (Lipinski definition) is 1. The molecule has 0 spiro atoms. The average Bonchev–Trinajstić information content (AvgIpc) is 2.41. The summed E-state index contributed by atoms with van der Waals surface area (Å²) in [5.41, 5.74) is 6.37. The zero-order valence-corrected chi connectivity index (χ0v) is 11.3. The number of ether oxygens (including phenoxy) is 1. The first-order valence-corrected chi connectivity index (χ1v) is 7.28. The summed E-state index contributed by atoms with van der Waals surface area (Å²) in [6.07, 6.45) is 6.42. The van der Waals surface area contributed by atoms with Crippen LogP contribution in [0.15, 0.2) is 0 Å². The van der Waals surface area contributed by atoms with Crippen LogP contribution in [0.2, 0.25) is 0 Å². The standard InChI is InChI=1S/C14H28N2O/c1-2-13-3-7-16(8-4-13)12-14(11-15)5-9-17-10-6-14/h13H,2-12,15H2,1H3. The maximum Gasteiger partial charge on any atom is 0.0472 e. The third kappa shape index (κ3) is 3.43. The Morgan fingerprint density at radius 1 is 1.24 bits per heavy atom. The van der Waals surface area contributed by atoms with Gasteiger partial charge in [0, 0.05) is 19.8 Å². The molecule has 0 aromatic carbocycles. The van der Waals surface area contributed by atoms with Crippen LogP contribution in [0, 0.1) is 11.3 Å². The summed E-state index contributed by atoms with van der Waals surface area (Å²) in [4.78, 5) is 2.64. The molecule has 0 radical (unpaired) electrons. The molecule has 2 fully saturated rings. The van der Waals surface area contributed by atoms with Crippen molar-refractivity contribution in [2.45, 2.75) is 39.0 Å². The smallest absolute Gasteiger partial charge is 0.0472 e. The average molecular weight is 240 g/mol. The van der Waals surface area contributed by atoms with Crippen LogP contribution >= 0.6 is 0 Å². The molecule has 2 aliphatic rings. The monoisotopic (exact) mass is 240 g/mol. The Morgan fingerprint density at radius 3 is 2.41 bits per heavy atom. The number of hydrogen-bond acceptors (Lipinski definition) is 3. The van der Waals surface area contributed by atoms with Crippen molar-refractivity contribution in [3.8, 4) is 0 Å². The molecule has 3 heteroatoms. The largest absolute Gasteiger partial charge is 0.381 e. The summed E-state index contributed by atoms with van der Waals surface area (Å²) in [6, 6.07) is 0. The van der Waals surface area contributed by atoms with Gasteiger partial charge in [-0.05, 0) is 56.7 Å². The Kier molecular flexibility index (Phi) is 4.83. The maximum atomic E-state index is 6.03. The lowest BCUT2D eigenvalue weighted by Gasteiger charge is -2.42. The number of rotatable bonds is 4. The molecule has 2 aliphatic heterocycles. The highest BCUT2D eigenvalue weighted by Crippen LogP contribution is 2.32. The molecule has 0 amide bonds. The second-order valence-electron chi connectivity index (χ2n) is 5.94. The predicted molar refractivity (Wildman–Crippen MR) is 71.0 cm³/mol. The lowest BCUT2D eigenvalue weighted by atomic mass is 9.79. The Morgan fingerprint density at radius 2 is 1.88 bits per heavy atom. The zero-order valence-electron chi connectivity index (χ0n) is 11.3. The molecule has 17 heavy (non-hydrogen) atoms. The van der Waals surface area contributed by atoms with Crippen molar-refractivity contribution >= 4 is 0 Å². The van der Waals surface area contributed by atoms with Crippen LogP contribution in [0.25, 0.3) is 0 Å². The van der Waals surface area contributed by atoms with Gasteiger partial charge in [0.25, 0.3) is 0 Å². The van der Waals surface area contributed by atoms with Gasteiger partial charge in [-0.15, -0.1) is 0 Å². The van der Waals surface area contributed by atoms with Crippen LogP contribution in [-0.4, -0.2) is 44.3 Å². The SMILES string of the molecule is CCC1CCN(CC2(CN)CCOCC2)CC1. The Labute approximate surface area is 106 Å². The molecule has 0 unspecified atom stereocenters. The molecule has 3 nitrogen and oxygen atoms in total. The first kappa shape index (κ1) is 13.3. The van der Waals surface area contributed by atoms with Crippen LogP contribution in [0.5, 0.6) is 0 Å². The summed E-state index contributed by atoms with van der Waals surface area (Å²) >= 11 is 0. The molecule has 0 aliphatic carbocycles. The minimum absolute atomic E-state index is 0.345. The van der Waals surface area contributed by atoms with Gasteiger partial charge >= 0.3 is 0 Å². The second kappa shape index (κ2) is 6.17. The lowest BCUT2D eigenvalue weighted by molar-refractivity contribution is -0.00554. The predicted octanol–water partition coefficient (Wildman–Crippen LogP) is 1.86. The third-order valence-electron chi connectivity index (χ3n) is 4.83. The van der Waals surface area contributed by atoms with E-state index in [9.17, 15) is 0 Å². The Balaban J connectivity index is 1.82. The van der Waals surface area contributed by atoms with Gasteiger partial charge in [-0.2, -0.15) is 0 Å². The van der Waals surface area contributed by atoms with E-state index >= 15 is 0 Å². The van der Waals surface area contributed by atoms with Gasteiger partial charge in [-0.1, -0.05) is 13.3 Å². The number of nitrogens with zero attached hydrogens (tertiary/aromatic N) is 1. The number of nitrogens with two attached hydrogens (primary N) is 1. The maximum absolute atomic E-state index is 6.03. The van der Waals surface area contributed by atoms with Crippen LogP contribution in [0.3, 0.4) is 0 Å². The van der Waals surface area contributed by atoms with Crippen molar-refractivity contribution in [3.05, 3.63) is 0 Å². The molecule has 2 heterocycles. The Hall–Kier alpha value is -0.120. The molecule has 0 bridgehead atoms. The van der Waals surface area contributed by atoms with E-state index in [0.29, 0.717) is 5.41 Å². The fourth-order valence-corrected chi connectivity index (χ4v) is 3.26. The zero-order chi connectivity index (χ0) is 12.1. The minimum Gasteiger partial charge on any atom is -0.381 e. The third-order valence-corrected chi connectivity index (χ3v) is 4.83. The van der Waals surface area contributed by atoms with Crippen molar-refractivity contribution in [2.24, 2.45) is 17.1 Å². The van der Waals surface area contributed by atoms with E-state index in [1.807, 2.05) is 0 Å². The summed E-state index contributed by atoms with van der Waals surface area (Å²) in [5, 5.41) is 0. The molecule has 2 rings (SSSR count). The van der Waals surface area contributed by atoms with Gasteiger partial charge in [0.05, 0.1) is 0 Å². The molecular weight excluding hydrogens is 212 g/mol. The van der Waals surface area contributed by atoms with E-state index < -0.39 is 0 Å². The summed E-state index contributed by atoms with van der Waals surface area (Å²) in [7, 11) is 0. The summed E-state index contributed by atoms with van der Waals surface area (Å²) in [5.74, 6) is 0.967. The fraction of sp³-hybridized carbons (Fsp3) is 1.00. The van der Waals surface area contributed by atoms with Crippen molar-refractivity contribution in [3.63, 3.8) is 0 Å². The Bertz CT molecular complexity index is 218. The number of piperidine rings is 1. The highest BCUT2D eigenvalue weighted by molar-refractivity contribution is 4.87. The van der Waals surface area contributed by atoms with E-state index in [2.05, 4.69) is 11.8 Å². The molecular formula is C14H28N2O. The van der Waals surface area contributed by atoms with E-state index in [4.69, 9.17) is 10.5 Å². The van der Waals surface area contributed by atoms with Gasteiger partial charge in [0.15, 0.2) is 0 Å². The lowest BCUT2D eigenvalue weighted by Crippen LogP contribution is -2.48. The second-order valence-corrected chi connectivity index (χ2v) is 5.94. The van der Waals surface area contributed by atoms with Crippen molar-refractivity contribution in [2.75, 3.05) is 39.4 Å². The summed E-state index contributed by atoms with van der Waals surface area (Å²) < 4.78 is 5.48. The van der Waals surface area contributed by atoms with Crippen molar-refractivity contribution < 1.29 is 4.74 Å². The molecule has 0 saturated carbocycles. The number of likely N-dealkylation sites (tertiary alicyclic amines) is 1. The normalized spacial score (nSPS) is 27.2.